The summed E-state index contributed by atoms with van der Waals surface area (Å²) in [6, 6.07) is 3.76. The molecule has 122 valence electrons. The van der Waals surface area contributed by atoms with Crippen LogP contribution in [0.3, 0.4) is 0 Å². The molecule has 0 amide bonds. The lowest BCUT2D eigenvalue weighted by Gasteiger charge is -2.21. The fraction of sp³-hybridized carbons (Fsp3) is 0.375. The predicted octanol–water partition coefficient (Wildman–Crippen LogP) is 2.02. The lowest BCUT2D eigenvalue weighted by molar-refractivity contribution is 0.103. The van der Waals surface area contributed by atoms with Crippen molar-refractivity contribution in [3.05, 3.63) is 40.1 Å². The molecule has 0 radical (unpaired) electrons. The molecule has 0 fully saturated rings. The van der Waals surface area contributed by atoms with Crippen molar-refractivity contribution in [3.63, 3.8) is 0 Å². The van der Waals surface area contributed by atoms with E-state index in [4.69, 9.17) is 0 Å². The number of carbonyl (C=O) groups excluding carboxylic acids is 1. The van der Waals surface area contributed by atoms with Crippen LogP contribution in [-0.2, 0) is 33.1 Å². The second-order valence-electron chi connectivity index (χ2n) is 5.68. The lowest BCUT2D eigenvalue weighted by atomic mass is 9.96. The highest BCUT2D eigenvalue weighted by Gasteiger charge is 2.26. The molecule has 0 saturated heterocycles. The van der Waals surface area contributed by atoms with Crippen molar-refractivity contribution in [3.8, 4) is 5.88 Å². The highest BCUT2D eigenvalue weighted by Crippen LogP contribution is 2.31. The van der Waals surface area contributed by atoms with Crippen molar-refractivity contribution in [1.29, 1.82) is 0 Å². The number of hydrogen-bond acceptors (Lipinski definition) is 4. The van der Waals surface area contributed by atoms with Crippen LogP contribution in [0.2, 0.25) is 0 Å². The van der Waals surface area contributed by atoms with Crippen molar-refractivity contribution in [1.82, 2.24) is 9.78 Å². The number of benzene rings is 1. The van der Waals surface area contributed by atoms with E-state index in [1.165, 1.54) is 10.2 Å². The number of carbonyl (C=O) groups is 1. The molecule has 1 aliphatic rings. The number of aryl methyl sites for hydroxylation is 3. The molecular weight excluding hydrogens is 332 g/mol. The third kappa shape index (κ3) is 2.57. The van der Waals surface area contributed by atoms with Gasteiger partial charge >= 0.3 is 0 Å². The third-order valence-electron chi connectivity index (χ3n) is 4.24. The van der Waals surface area contributed by atoms with Crippen LogP contribution < -0.4 is 0 Å². The van der Waals surface area contributed by atoms with Crippen molar-refractivity contribution in [2.45, 2.75) is 31.6 Å². The highest BCUT2D eigenvalue weighted by molar-refractivity contribution is 8.31. The Balaban J connectivity index is 2.18. The van der Waals surface area contributed by atoms with Gasteiger partial charge in [0.25, 0.3) is 0 Å². The average molecular weight is 350 g/mol. The largest absolute Gasteiger partial charge is 0.493 e. The van der Waals surface area contributed by atoms with Crippen LogP contribution in [0.25, 0.3) is 0 Å². The van der Waals surface area contributed by atoms with E-state index in [1.807, 2.05) is 19.1 Å². The van der Waals surface area contributed by atoms with Crippen LogP contribution in [-0.4, -0.2) is 30.6 Å². The van der Waals surface area contributed by atoms with E-state index in [9.17, 15) is 14.1 Å². The summed E-state index contributed by atoms with van der Waals surface area (Å²) < 4.78 is 12.8. The van der Waals surface area contributed by atoms with Crippen molar-refractivity contribution in [2.75, 3.05) is 5.75 Å². The fourth-order valence-electron chi connectivity index (χ4n) is 3.12. The molecule has 2 heterocycles. The number of aromatic hydroxyl groups is 1. The molecule has 7 heteroatoms. The summed E-state index contributed by atoms with van der Waals surface area (Å²) in [6.45, 7) is 3.61. The minimum atomic E-state index is -0.401. The molecule has 0 spiro atoms. The van der Waals surface area contributed by atoms with Gasteiger partial charge in [-0.1, -0.05) is 21.6 Å². The molecule has 5 nitrogen and oxygen atoms in total. The van der Waals surface area contributed by atoms with Crippen LogP contribution in [0.5, 0.6) is 5.88 Å². The molecule has 1 atom stereocenters. The summed E-state index contributed by atoms with van der Waals surface area (Å²) >= 11 is 0. The highest BCUT2D eigenvalue weighted by atomic mass is 32.8. The zero-order valence-electron chi connectivity index (χ0n) is 13.3. The predicted molar refractivity (Wildman–Crippen MR) is 91.2 cm³/mol. The molecule has 1 aliphatic heterocycles. The van der Waals surface area contributed by atoms with Crippen LogP contribution in [0.4, 0.5) is 0 Å². The molecule has 2 aromatic rings. The van der Waals surface area contributed by atoms with Gasteiger partial charge in [-0.05, 0) is 37.8 Å². The van der Waals surface area contributed by atoms with E-state index in [0.29, 0.717) is 21.5 Å². The Bertz CT molecular complexity index is 880. The van der Waals surface area contributed by atoms with E-state index in [1.54, 1.807) is 14.0 Å². The maximum atomic E-state index is 12.9. The van der Waals surface area contributed by atoms with Gasteiger partial charge in [-0.15, -0.1) is 0 Å². The Kier molecular flexibility index (Phi) is 4.25. The van der Waals surface area contributed by atoms with Gasteiger partial charge in [-0.2, -0.15) is 5.10 Å². The summed E-state index contributed by atoms with van der Waals surface area (Å²) in [6.07, 6.45) is 1.96. The van der Waals surface area contributed by atoms with Crippen molar-refractivity contribution in [2.24, 2.45) is 7.05 Å². The first-order chi connectivity index (χ1) is 11.0. The normalized spacial score (nSPS) is 16.9. The van der Waals surface area contributed by atoms with Crippen LogP contribution in [0.15, 0.2) is 17.0 Å². The number of nitrogens with zero attached hydrogens (tertiary/aromatic N) is 2. The Morgan fingerprint density at radius 3 is 2.74 bits per heavy atom. The quantitative estimate of drug-likeness (QED) is 0.841. The molecule has 0 bridgehead atoms. The SMILES string of the molecule is Cc1nn(C)c(O)c1C(=O)c1ccc2c(c1C)S(=S=O)CCC2. The number of aromatic nitrogens is 2. The third-order valence-corrected chi connectivity index (χ3v) is 7.58. The number of fused-ring (bicyclic) bond motifs is 1. The topological polar surface area (TPSA) is 72.2 Å². The molecule has 1 unspecified atom stereocenters. The molecule has 23 heavy (non-hydrogen) atoms. The van der Waals surface area contributed by atoms with Gasteiger partial charge in [-0.25, -0.2) is 8.89 Å². The molecule has 3 rings (SSSR count). The molecule has 1 aromatic heterocycles. The number of rotatable bonds is 2. The van der Waals surface area contributed by atoms with Crippen molar-refractivity contribution < 1.29 is 14.1 Å². The standard InChI is InChI=1S/C16H18N2O3S2/c1-9-12(14(19)13-10(2)17-18(3)16(13)20)7-6-11-5-4-8-23(22-21)15(9)11/h6-7,20H,4-5,8H2,1-3H3. The minimum absolute atomic E-state index is 0.123. The summed E-state index contributed by atoms with van der Waals surface area (Å²) in [7, 11) is 1.83. The molecule has 0 aliphatic carbocycles. The van der Waals surface area contributed by atoms with Crippen molar-refractivity contribution >= 4 is 25.5 Å². The Labute approximate surface area is 140 Å². The molecule has 0 saturated carbocycles. The molecule has 1 aromatic carbocycles. The second-order valence-corrected chi connectivity index (χ2v) is 8.94. The van der Waals surface area contributed by atoms with Gasteiger partial charge in [0.15, 0.2) is 0 Å². The van der Waals surface area contributed by atoms with Crippen LogP contribution in [0.1, 0.15) is 39.2 Å². The van der Waals surface area contributed by atoms with E-state index >= 15 is 0 Å². The van der Waals surface area contributed by atoms with E-state index in [0.717, 1.165) is 29.1 Å². The first-order valence-electron chi connectivity index (χ1n) is 7.36. The van der Waals surface area contributed by atoms with Gasteiger partial charge in [0.05, 0.1) is 5.69 Å². The maximum absolute atomic E-state index is 12.9. The summed E-state index contributed by atoms with van der Waals surface area (Å²) in [5.74, 6) is 0.511. The van der Waals surface area contributed by atoms with Gasteiger partial charge < -0.3 is 5.11 Å². The summed E-state index contributed by atoms with van der Waals surface area (Å²) in [5.41, 5.74) is 3.32. The molecular formula is C16H18N2O3S2. The summed E-state index contributed by atoms with van der Waals surface area (Å²) in [4.78, 5) is 13.9. The Morgan fingerprint density at radius 2 is 2.13 bits per heavy atom. The molecule has 1 N–H and O–H groups in total. The van der Waals surface area contributed by atoms with Gasteiger partial charge in [-0.3, -0.25) is 4.79 Å². The Hall–Kier alpha value is -1.73. The van der Waals surface area contributed by atoms with Gasteiger partial charge in [0, 0.05) is 23.3 Å². The van der Waals surface area contributed by atoms with Crippen LogP contribution >= 0.6 is 0 Å². The van der Waals surface area contributed by atoms with Crippen LogP contribution in [0, 0.1) is 13.8 Å². The number of hydrogen-bond donors (Lipinski definition) is 1. The lowest BCUT2D eigenvalue weighted by Crippen LogP contribution is -2.15. The number of ketones is 1. The monoisotopic (exact) mass is 350 g/mol. The van der Waals surface area contributed by atoms with Gasteiger partial charge in [0.2, 0.25) is 11.7 Å². The average Bonchev–Trinajstić information content (AvgIpc) is 2.79. The maximum Gasteiger partial charge on any atom is 0.220 e. The first kappa shape index (κ1) is 16.1. The second kappa shape index (κ2) is 6.05. The van der Waals surface area contributed by atoms with E-state index in [-0.39, 0.29) is 17.2 Å². The fourth-order valence-corrected chi connectivity index (χ4v) is 6.24. The zero-order chi connectivity index (χ0) is 16.7. The smallest absolute Gasteiger partial charge is 0.220 e. The first-order valence-corrected chi connectivity index (χ1v) is 10.0. The van der Waals surface area contributed by atoms with E-state index in [2.05, 4.69) is 5.10 Å². The van der Waals surface area contributed by atoms with E-state index < -0.39 is 9.45 Å². The Morgan fingerprint density at radius 1 is 1.39 bits per heavy atom. The minimum Gasteiger partial charge on any atom is -0.493 e. The van der Waals surface area contributed by atoms with Gasteiger partial charge in [0.1, 0.15) is 15.8 Å². The summed E-state index contributed by atoms with van der Waals surface area (Å²) in [5, 5.41) is 14.2. The zero-order valence-corrected chi connectivity index (χ0v) is 14.9.